The molecule has 0 aliphatic carbocycles. The molecule has 0 aromatic heterocycles. The maximum Gasteiger partial charge on any atom is 2.00 e. The van der Waals surface area contributed by atoms with Gasteiger partial charge in [0.05, 0.1) is 24.2 Å². The largest absolute Gasteiger partial charge is 2.00 e. The standard InChI is InChI=1S/C17H19N2O2S.2ClH.Zn/c1-4-20-15-11-17(16(21-5-2)10-14(15)19-18)22-13-8-6-12(3)7-9-13;;;/h6-11H,4-5H2,1-3H3;2*1H;/q+1;;;+2/p-2. The Morgan fingerprint density at radius 3 is 2.04 bits per heavy atom. The maximum atomic E-state index is 9.13. The number of hydrogen-bond donors (Lipinski definition) is 0. The van der Waals surface area contributed by atoms with Crippen LogP contribution in [0, 0.1) is 12.3 Å². The molecule has 2 aromatic rings. The second-order valence-electron chi connectivity index (χ2n) is 4.65. The van der Waals surface area contributed by atoms with Gasteiger partial charge in [-0.3, -0.25) is 0 Å². The van der Waals surface area contributed by atoms with E-state index in [1.165, 1.54) is 5.56 Å². The first-order chi connectivity index (χ1) is 10.7. The molecule has 0 N–H and O–H groups in total. The summed E-state index contributed by atoms with van der Waals surface area (Å²) in [6.07, 6.45) is 0. The van der Waals surface area contributed by atoms with E-state index < -0.39 is 0 Å². The molecule has 0 spiro atoms. The van der Waals surface area contributed by atoms with Crippen molar-refractivity contribution in [2.75, 3.05) is 13.2 Å². The van der Waals surface area contributed by atoms with Gasteiger partial charge in [0, 0.05) is 11.0 Å². The number of halogens is 2. The van der Waals surface area contributed by atoms with Crippen molar-refractivity contribution in [2.24, 2.45) is 0 Å². The van der Waals surface area contributed by atoms with Crippen molar-refractivity contribution in [3.8, 4) is 11.5 Å². The Kier molecular flexibility index (Phi) is 13.9. The Bertz CT molecular complexity index is 694. The fourth-order valence-corrected chi connectivity index (χ4v) is 2.87. The number of rotatable bonds is 6. The molecule has 0 amide bonds. The monoisotopic (exact) mass is 449 g/mol. The number of hydrogen-bond acceptors (Lipinski definition) is 4. The number of diazo groups is 1. The molecule has 0 saturated carbocycles. The second kappa shape index (κ2) is 13.2. The van der Waals surface area contributed by atoms with E-state index in [9.17, 15) is 0 Å². The van der Waals surface area contributed by atoms with Crippen LogP contribution in [0.25, 0.3) is 4.98 Å². The molecular weight excluding hydrogens is 433 g/mol. The van der Waals surface area contributed by atoms with Crippen LogP contribution in [-0.2, 0) is 19.5 Å². The molecule has 130 valence electrons. The SMILES string of the molecule is CCOc1cc(Sc2ccc(C)cc2)c(OCC)cc1[N+]#N.[Cl-].[Cl-].[Zn+2]. The van der Waals surface area contributed by atoms with Crippen molar-refractivity contribution in [1.29, 1.82) is 5.39 Å². The van der Waals surface area contributed by atoms with Crippen LogP contribution in [0.4, 0.5) is 5.69 Å². The Hall–Kier alpha value is -0.987. The van der Waals surface area contributed by atoms with Crippen molar-refractivity contribution in [3.63, 3.8) is 0 Å². The molecule has 0 bridgehead atoms. The predicted octanol–water partition coefficient (Wildman–Crippen LogP) is -0.566. The van der Waals surface area contributed by atoms with E-state index in [4.69, 9.17) is 14.9 Å². The second-order valence-corrected chi connectivity index (χ2v) is 5.76. The Balaban J connectivity index is 0. The molecule has 0 saturated heterocycles. The summed E-state index contributed by atoms with van der Waals surface area (Å²) in [4.78, 5) is 5.32. The molecule has 2 rings (SSSR count). The third-order valence-corrected chi connectivity index (χ3v) is 4.03. The van der Waals surface area contributed by atoms with Crippen LogP contribution >= 0.6 is 11.8 Å². The van der Waals surface area contributed by atoms with Crippen LogP contribution in [0.2, 0.25) is 0 Å². The third-order valence-electron chi connectivity index (χ3n) is 2.98. The van der Waals surface area contributed by atoms with Gasteiger partial charge in [-0.25, -0.2) is 0 Å². The van der Waals surface area contributed by atoms with Gasteiger partial charge in [0.1, 0.15) is 5.75 Å². The van der Waals surface area contributed by atoms with Crippen molar-refractivity contribution in [1.82, 2.24) is 0 Å². The molecule has 0 aliphatic heterocycles. The molecule has 4 nitrogen and oxygen atoms in total. The number of nitrogens with zero attached hydrogens (tertiary/aromatic N) is 2. The zero-order valence-corrected chi connectivity index (χ0v) is 19.8. The summed E-state index contributed by atoms with van der Waals surface area (Å²) in [5.41, 5.74) is 1.59. The van der Waals surface area contributed by atoms with Gasteiger partial charge < -0.3 is 34.3 Å². The summed E-state index contributed by atoms with van der Waals surface area (Å²) in [5.74, 6) is 1.23. The van der Waals surface area contributed by atoms with Gasteiger partial charge in [-0.15, -0.1) is 0 Å². The van der Waals surface area contributed by atoms with Gasteiger partial charge >= 0.3 is 25.2 Å². The molecule has 0 unspecified atom stereocenters. The number of ether oxygens (including phenoxy) is 2. The Morgan fingerprint density at radius 2 is 1.52 bits per heavy atom. The average Bonchev–Trinajstić information content (AvgIpc) is 2.52. The van der Waals surface area contributed by atoms with Crippen molar-refractivity contribution >= 4 is 17.4 Å². The average molecular weight is 452 g/mol. The van der Waals surface area contributed by atoms with Crippen LogP contribution < -0.4 is 34.3 Å². The van der Waals surface area contributed by atoms with E-state index in [2.05, 4.69) is 36.2 Å². The topological polar surface area (TPSA) is 46.6 Å². The first kappa shape index (κ1) is 26.2. The van der Waals surface area contributed by atoms with E-state index in [-0.39, 0.29) is 44.3 Å². The summed E-state index contributed by atoms with van der Waals surface area (Å²) in [6, 6.07) is 11.8. The summed E-state index contributed by atoms with van der Waals surface area (Å²) in [5, 5.41) is 9.13. The Morgan fingerprint density at radius 1 is 0.960 bits per heavy atom. The normalized spacial score (nSPS) is 8.88. The molecule has 0 atom stereocenters. The van der Waals surface area contributed by atoms with Crippen molar-refractivity contribution in [3.05, 3.63) is 46.9 Å². The van der Waals surface area contributed by atoms with Crippen LogP contribution in [-0.4, -0.2) is 13.2 Å². The predicted molar refractivity (Wildman–Crippen MR) is 88.8 cm³/mol. The quantitative estimate of drug-likeness (QED) is 0.436. The van der Waals surface area contributed by atoms with Crippen LogP contribution in [0.3, 0.4) is 0 Å². The van der Waals surface area contributed by atoms with Gasteiger partial charge in [-0.2, -0.15) is 0 Å². The molecule has 25 heavy (non-hydrogen) atoms. The van der Waals surface area contributed by atoms with Gasteiger partial charge in [-0.05, 0) is 32.9 Å². The van der Waals surface area contributed by atoms with Crippen LogP contribution in [0.15, 0.2) is 46.2 Å². The molecule has 2 aromatic carbocycles. The van der Waals surface area contributed by atoms with Gasteiger partial charge in [-0.1, -0.05) is 29.5 Å². The number of benzene rings is 2. The molecule has 0 aliphatic rings. The van der Waals surface area contributed by atoms with E-state index >= 15 is 0 Å². The fraction of sp³-hybridized carbons (Fsp3) is 0.294. The summed E-state index contributed by atoms with van der Waals surface area (Å²) in [6.45, 7) is 6.92. The zero-order valence-electron chi connectivity index (χ0n) is 14.5. The van der Waals surface area contributed by atoms with E-state index in [0.717, 1.165) is 9.79 Å². The zero-order chi connectivity index (χ0) is 15.9. The van der Waals surface area contributed by atoms with Gasteiger partial charge in [0.25, 0.3) is 0 Å². The number of aryl methyl sites for hydroxylation is 1. The molecule has 8 heteroatoms. The molecule has 0 radical (unpaired) electrons. The summed E-state index contributed by atoms with van der Waals surface area (Å²) >= 11 is 1.59. The van der Waals surface area contributed by atoms with Crippen molar-refractivity contribution < 1.29 is 53.8 Å². The maximum absolute atomic E-state index is 9.13. The van der Waals surface area contributed by atoms with E-state index in [1.54, 1.807) is 17.8 Å². The molecule has 0 fully saturated rings. The Labute approximate surface area is 178 Å². The van der Waals surface area contributed by atoms with Crippen LogP contribution in [0.1, 0.15) is 19.4 Å². The van der Waals surface area contributed by atoms with E-state index in [1.807, 2.05) is 19.9 Å². The summed E-state index contributed by atoms with van der Waals surface area (Å²) < 4.78 is 11.2. The minimum absolute atomic E-state index is 0. The first-order valence-corrected chi connectivity index (χ1v) is 8.02. The minimum atomic E-state index is 0. The minimum Gasteiger partial charge on any atom is -1.00 e. The fourth-order valence-electron chi connectivity index (χ4n) is 1.96. The van der Waals surface area contributed by atoms with Gasteiger partial charge in [0.2, 0.25) is 11.1 Å². The van der Waals surface area contributed by atoms with Crippen molar-refractivity contribution in [2.45, 2.75) is 30.6 Å². The summed E-state index contributed by atoms with van der Waals surface area (Å²) in [7, 11) is 0. The molecule has 0 heterocycles. The first-order valence-electron chi connectivity index (χ1n) is 7.21. The molecular formula is C17H19Cl2N2O2SZn+. The third kappa shape index (κ3) is 7.42. The van der Waals surface area contributed by atoms with Gasteiger partial charge in [0.15, 0.2) is 4.98 Å². The smallest absolute Gasteiger partial charge is 1.00 e. The van der Waals surface area contributed by atoms with Crippen LogP contribution in [0.5, 0.6) is 11.5 Å². The van der Waals surface area contributed by atoms with E-state index in [0.29, 0.717) is 30.4 Å².